The molecular formula is C15H20. The first-order valence-corrected chi connectivity index (χ1v) is 6.45. The van der Waals surface area contributed by atoms with Gasteiger partial charge in [-0.3, -0.25) is 0 Å². The summed E-state index contributed by atoms with van der Waals surface area (Å²) in [7, 11) is 0. The number of allylic oxidation sites excluding steroid dienone is 6. The summed E-state index contributed by atoms with van der Waals surface area (Å²) in [5.74, 6) is 3.82. The molecule has 4 aliphatic rings. The maximum Gasteiger partial charge on any atom is -0.0133 e. The minimum atomic E-state index is 0.925. The number of hydrogen-bond donors (Lipinski definition) is 0. The maximum absolute atomic E-state index is 2.44. The van der Waals surface area contributed by atoms with Crippen LogP contribution in [0.5, 0.6) is 0 Å². The molecule has 15 heavy (non-hydrogen) atoms. The molecule has 0 nitrogen and oxygen atoms in total. The molecule has 1 saturated carbocycles. The summed E-state index contributed by atoms with van der Waals surface area (Å²) in [6.07, 6.45) is 21.0. The summed E-state index contributed by atoms with van der Waals surface area (Å²) < 4.78 is 0. The molecule has 4 atom stereocenters. The Bertz CT molecular complexity index is 302. The molecule has 0 heterocycles. The lowest BCUT2D eigenvalue weighted by Gasteiger charge is -2.18. The first-order valence-electron chi connectivity index (χ1n) is 6.45. The molecule has 0 radical (unpaired) electrons. The van der Waals surface area contributed by atoms with E-state index in [1.807, 2.05) is 0 Å². The van der Waals surface area contributed by atoms with Crippen LogP contribution < -0.4 is 0 Å². The van der Waals surface area contributed by atoms with E-state index in [1.54, 1.807) is 0 Å². The van der Waals surface area contributed by atoms with E-state index in [9.17, 15) is 0 Å². The molecule has 0 heteroatoms. The van der Waals surface area contributed by atoms with Crippen molar-refractivity contribution in [1.82, 2.24) is 0 Å². The van der Waals surface area contributed by atoms with Gasteiger partial charge in [-0.05, 0) is 55.8 Å². The third-order valence-electron chi connectivity index (χ3n) is 4.36. The van der Waals surface area contributed by atoms with E-state index in [2.05, 4.69) is 36.5 Å². The van der Waals surface area contributed by atoms with Crippen molar-refractivity contribution in [3.63, 3.8) is 0 Å². The van der Waals surface area contributed by atoms with E-state index in [0.29, 0.717) is 0 Å². The largest absolute Gasteiger partial charge is 0.0885 e. The summed E-state index contributed by atoms with van der Waals surface area (Å²) in [6, 6.07) is 0. The standard InChI is InChI=1S/C10H12.C5H8/c1-2-9-7-4-5-8(6-7)10(9)3-1;1-2-4-5-3-1/h1-2,4-5,7-10H,3,6H2;1-2H,3-5H2. The third kappa shape index (κ3) is 1.71. The van der Waals surface area contributed by atoms with Crippen molar-refractivity contribution >= 4 is 0 Å². The molecule has 0 aromatic carbocycles. The lowest BCUT2D eigenvalue weighted by Crippen LogP contribution is -2.12. The van der Waals surface area contributed by atoms with Gasteiger partial charge >= 0.3 is 0 Å². The van der Waals surface area contributed by atoms with E-state index in [1.165, 1.54) is 32.1 Å². The topological polar surface area (TPSA) is 0 Å². The van der Waals surface area contributed by atoms with Gasteiger partial charge in [0.15, 0.2) is 0 Å². The Morgan fingerprint density at radius 1 is 0.800 bits per heavy atom. The van der Waals surface area contributed by atoms with Gasteiger partial charge in [0, 0.05) is 0 Å². The van der Waals surface area contributed by atoms with Gasteiger partial charge in [0.25, 0.3) is 0 Å². The van der Waals surface area contributed by atoms with Crippen molar-refractivity contribution in [3.05, 3.63) is 36.5 Å². The van der Waals surface area contributed by atoms with Gasteiger partial charge in [-0.25, -0.2) is 0 Å². The van der Waals surface area contributed by atoms with Crippen LogP contribution in [0.3, 0.4) is 0 Å². The third-order valence-corrected chi connectivity index (χ3v) is 4.36. The summed E-state index contributed by atoms with van der Waals surface area (Å²) in [5.41, 5.74) is 0. The molecule has 0 aromatic rings. The predicted octanol–water partition coefficient (Wildman–Crippen LogP) is 4.11. The van der Waals surface area contributed by atoms with Crippen molar-refractivity contribution in [2.75, 3.05) is 0 Å². The van der Waals surface area contributed by atoms with Crippen LogP contribution in [0.15, 0.2) is 36.5 Å². The zero-order valence-corrected chi connectivity index (χ0v) is 9.31. The van der Waals surface area contributed by atoms with Gasteiger partial charge in [-0.15, -0.1) is 0 Å². The Morgan fingerprint density at radius 2 is 1.60 bits per heavy atom. The highest BCUT2D eigenvalue weighted by molar-refractivity contribution is 5.21. The monoisotopic (exact) mass is 200 g/mol. The Labute approximate surface area is 92.8 Å². The van der Waals surface area contributed by atoms with Crippen molar-refractivity contribution in [3.8, 4) is 0 Å². The molecule has 0 spiro atoms. The summed E-state index contributed by atoms with van der Waals surface area (Å²) in [5, 5.41) is 0. The van der Waals surface area contributed by atoms with E-state index in [-0.39, 0.29) is 0 Å². The van der Waals surface area contributed by atoms with Crippen LogP contribution in [0, 0.1) is 23.7 Å². The molecule has 1 fully saturated rings. The Balaban J connectivity index is 0.000000123. The van der Waals surface area contributed by atoms with Crippen LogP contribution in [0.4, 0.5) is 0 Å². The van der Waals surface area contributed by atoms with Gasteiger partial charge in [-0.2, -0.15) is 0 Å². The molecule has 80 valence electrons. The van der Waals surface area contributed by atoms with Crippen LogP contribution in [0.2, 0.25) is 0 Å². The van der Waals surface area contributed by atoms with Crippen molar-refractivity contribution in [1.29, 1.82) is 0 Å². The van der Waals surface area contributed by atoms with Crippen LogP contribution in [0.25, 0.3) is 0 Å². The van der Waals surface area contributed by atoms with Crippen LogP contribution >= 0.6 is 0 Å². The Kier molecular flexibility index (Phi) is 2.52. The molecule has 0 saturated heterocycles. The number of fused-ring (bicyclic) bond motifs is 5. The molecule has 0 amide bonds. The second-order valence-electron chi connectivity index (χ2n) is 5.26. The Hall–Kier alpha value is -0.780. The van der Waals surface area contributed by atoms with Gasteiger partial charge in [0.2, 0.25) is 0 Å². The van der Waals surface area contributed by atoms with Crippen molar-refractivity contribution < 1.29 is 0 Å². The quantitative estimate of drug-likeness (QED) is 0.516. The zero-order chi connectivity index (χ0) is 10.1. The fraction of sp³-hybridized carbons (Fsp3) is 0.600. The summed E-state index contributed by atoms with van der Waals surface area (Å²) >= 11 is 0. The lowest BCUT2D eigenvalue weighted by molar-refractivity contribution is 0.398. The van der Waals surface area contributed by atoms with Crippen molar-refractivity contribution in [2.24, 2.45) is 23.7 Å². The molecular weight excluding hydrogens is 180 g/mol. The minimum absolute atomic E-state index is 0.925. The van der Waals surface area contributed by atoms with Gasteiger partial charge in [-0.1, -0.05) is 36.5 Å². The second-order valence-corrected chi connectivity index (χ2v) is 5.26. The SMILES string of the molecule is C1=CC2C3C=CC(C3)C2C1.C1=CCCC1. The first kappa shape index (κ1) is 9.45. The highest BCUT2D eigenvalue weighted by atomic mass is 14.5. The first-order chi connectivity index (χ1) is 7.45. The second kappa shape index (κ2) is 4.00. The van der Waals surface area contributed by atoms with E-state index >= 15 is 0 Å². The minimum Gasteiger partial charge on any atom is -0.0885 e. The van der Waals surface area contributed by atoms with Crippen LogP contribution in [-0.2, 0) is 0 Å². The predicted molar refractivity (Wildman–Crippen MR) is 64.5 cm³/mol. The average Bonchev–Trinajstić information content (AvgIpc) is 3.06. The Morgan fingerprint density at radius 3 is 2.27 bits per heavy atom. The van der Waals surface area contributed by atoms with Gasteiger partial charge < -0.3 is 0 Å². The van der Waals surface area contributed by atoms with E-state index < -0.39 is 0 Å². The fourth-order valence-corrected chi connectivity index (χ4v) is 3.56. The maximum atomic E-state index is 2.44. The molecule has 2 bridgehead atoms. The average molecular weight is 200 g/mol. The normalized spacial score (nSPS) is 43.2. The fourth-order valence-electron chi connectivity index (χ4n) is 3.56. The molecule has 0 N–H and O–H groups in total. The summed E-state index contributed by atoms with van der Waals surface area (Å²) in [4.78, 5) is 0. The molecule has 4 aliphatic carbocycles. The summed E-state index contributed by atoms with van der Waals surface area (Å²) in [6.45, 7) is 0. The molecule has 4 rings (SSSR count). The number of hydrogen-bond acceptors (Lipinski definition) is 0. The lowest BCUT2D eigenvalue weighted by atomic mass is 9.86. The van der Waals surface area contributed by atoms with Crippen LogP contribution in [-0.4, -0.2) is 0 Å². The highest BCUT2D eigenvalue weighted by Gasteiger charge is 2.44. The molecule has 0 aromatic heterocycles. The zero-order valence-electron chi connectivity index (χ0n) is 9.31. The number of rotatable bonds is 0. The van der Waals surface area contributed by atoms with Gasteiger partial charge in [0.1, 0.15) is 0 Å². The molecule has 4 unspecified atom stereocenters. The van der Waals surface area contributed by atoms with E-state index in [0.717, 1.165) is 23.7 Å². The van der Waals surface area contributed by atoms with Crippen LogP contribution in [0.1, 0.15) is 32.1 Å². The molecule has 0 aliphatic heterocycles. The smallest absolute Gasteiger partial charge is 0.0133 e. The van der Waals surface area contributed by atoms with Crippen molar-refractivity contribution in [2.45, 2.75) is 32.1 Å². The highest BCUT2D eigenvalue weighted by Crippen LogP contribution is 2.52. The van der Waals surface area contributed by atoms with E-state index in [4.69, 9.17) is 0 Å². The van der Waals surface area contributed by atoms with Gasteiger partial charge in [0.05, 0.1) is 0 Å².